The van der Waals surface area contributed by atoms with Crippen molar-refractivity contribution in [2.75, 3.05) is 0 Å². The molecule has 0 aromatic heterocycles. The summed E-state index contributed by atoms with van der Waals surface area (Å²) >= 11 is 0. The lowest BCUT2D eigenvalue weighted by Crippen LogP contribution is -2.11. The van der Waals surface area contributed by atoms with Gasteiger partial charge in [-0.2, -0.15) is 0 Å². The molecule has 2 aromatic rings. The predicted molar refractivity (Wildman–Crippen MR) is 78.8 cm³/mol. The molecule has 2 N–H and O–H groups in total. The van der Waals surface area contributed by atoms with Crippen molar-refractivity contribution in [1.29, 1.82) is 0 Å². The molecule has 1 aliphatic carbocycles. The van der Waals surface area contributed by atoms with E-state index in [1.165, 1.54) is 29.5 Å². The van der Waals surface area contributed by atoms with Crippen LogP contribution in [0, 0.1) is 5.92 Å². The van der Waals surface area contributed by atoms with Crippen molar-refractivity contribution in [3.8, 4) is 11.1 Å². The summed E-state index contributed by atoms with van der Waals surface area (Å²) in [5, 5.41) is 0. The van der Waals surface area contributed by atoms with E-state index in [1.807, 2.05) is 6.07 Å². The summed E-state index contributed by atoms with van der Waals surface area (Å²) < 4.78 is 0. The van der Waals surface area contributed by atoms with Gasteiger partial charge in [-0.25, -0.2) is 0 Å². The molecule has 0 bridgehead atoms. The van der Waals surface area contributed by atoms with Gasteiger partial charge < -0.3 is 5.73 Å². The van der Waals surface area contributed by atoms with E-state index in [4.69, 9.17) is 5.73 Å². The summed E-state index contributed by atoms with van der Waals surface area (Å²) in [5.74, 6) is 0.720. The largest absolute Gasteiger partial charge is 0.324 e. The molecule has 94 valence electrons. The summed E-state index contributed by atoms with van der Waals surface area (Å²) in [5.41, 5.74) is 9.98. The van der Waals surface area contributed by atoms with Gasteiger partial charge in [0.2, 0.25) is 0 Å². The Labute approximate surface area is 114 Å². The van der Waals surface area contributed by atoms with Crippen molar-refractivity contribution < 1.29 is 0 Å². The Hall–Kier alpha value is -1.31. The number of rotatable bonds is 3. The van der Waals surface area contributed by atoms with Crippen LogP contribution in [-0.2, 0) is 0 Å². The van der Waals surface area contributed by atoms with Gasteiger partial charge >= 0.3 is 0 Å². The molecule has 1 atom stereocenters. The fourth-order valence-corrected chi connectivity index (χ4v) is 2.26. The maximum absolute atomic E-state index is 6.19. The van der Waals surface area contributed by atoms with Crippen molar-refractivity contribution in [2.24, 2.45) is 11.7 Å². The molecule has 0 radical (unpaired) electrons. The molecular formula is C16H18ClN. The Bertz CT molecular complexity index is 488. The fourth-order valence-electron chi connectivity index (χ4n) is 2.26. The van der Waals surface area contributed by atoms with E-state index in [9.17, 15) is 0 Å². The molecule has 3 rings (SSSR count). The minimum Gasteiger partial charge on any atom is -0.324 e. The Morgan fingerprint density at radius 1 is 0.833 bits per heavy atom. The molecule has 0 unspecified atom stereocenters. The second-order valence-corrected chi connectivity index (χ2v) is 4.85. The summed E-state index contributed by atoms with van der Waals surface area (Å²) in [6.45, 7) is 0. The minimum atomic E-state index is 0. The number of benzene rings is 2. The standard InChI is InChI=1S/C16H17N.ClH/c17-16(15-10-11-15)14-8-6-13(7-9-14)12-4-2-1-3-5-12;/h1-9,15-16H,10-11,17H2;1H/t16-;/m1./s1. The predicted octanol–water partition coefficient (Wildman–Crippen LogP) is 4.19. The van der Waals surface area contributed by atoms with Crippen molar-refractivity contribution in [1.82, 2.24) is 0 Å². The Balaban J connectivity index is 0.00000120. The lowest BCUT2D eigenvalue weighted by atomic mass is 9.99. The van der Waals surface area contributed by atoms with Crippen LogP contribution in [0.25, 0.3) is 11.1 Å². The van der Waals surface area contributed by atoms with Crippen LogP contribution in [0.15, 0.2) is 54.6 Å². The van der Waals surface area contributed by atoms with Crippen LogP contribution in [0.4, 0.5) is 0 Å². The maximum atomic E-state index is 6.19. The second kappa shape index (κ2) is 5.55. The highest BCUT2D eigenvalue weighted by Gasteiger charge is 2.29. The highest BCUT2D eigenvalue weighted by molar-refractivity contribution is 5.85. The molecule has 0 heterocycles. The second-order valence-electron chi connectivity index (χ2n) is 4.85. The first kappa shape index (κ1) is 13.1. The van der Waals surface area contributed by atoms with E-state index in [1.54, 1.807) is 0 Å². The van der Waals surface area contributed by atoms with Gasteiger partial charge in [0.1, 0.15) is 0 Å². The van der Waals surface area contributed by atoms with Gasteiger partial charge in [-0.3, -0.25) is 0 Å². The molecule has 0 saturated heterocycles. The van der Waals surface area contributed by atoms with Crippen LogP contribution in [0.3, 0.4) is 0 Å². The summed E-state index contributed by atoms with van der Waals surface area (Å²) in [4.78, 5) is 0. The quantitative estimate of drug-likeness (QED) is 0.879. The molecule has 0 amide bonds. The summed E-state index contributed by atoms with van der Waals surface area (Å²) in [6.07, 6.45) is 2.59. The monoisotopic (exact) mass is 259 g/mol. The molecular weight excluding hydrogens is 242 g/mol. The van der Waals surface area contributed by atoms with Gasteiger partial charge in [0, 0.05) is 6.04 Å². The van der Waals surface area contributed by atoms with Crippen LogP contribution in [0.5, 0.6) is 0 Å². The first-order chi connectivity index (χ1) is 8.34. The average Bonchev–Trinajstić information content (AvgIpc) is 3.24. The number of nitrogens with two attached hydrogens (primary N) is 1. The molecule has 1 nitrogen and oxygen atoms in total. The van der Waals surface area contributed by atoms with Gasteiger partial charge in [0.05, 0.1) is 0 Å². The number of hydrogen-bond donors (Lipinski definition) is 1. The van der Waals surface area contributed by atoms with Gasteiger partial charge in [0.25, 0.3) is 0 Å². The fraction of sp³-hybridized carbons (Fsp3) is 0.250. The van der Waals surface area contributed by atoms with Gasteiger partial charge in [-0.05, 0) is 35.4 Å². The SMILES string of the molecule is Cl.N[C@H](c1ccc(-c2ccccc2)cc1)C1CC1. The molecule has 18 heavy (non-hydrogen) atoms. The topological polar surface area (TPSA) is 26.0 Å². The third kappa shape index (κ3) is 2.74. The molecule has 0 aliphatic heterocycles. The van der Waals surface area contributed by atoms with E-state index >= 15 is 0 Å². The highest BCUT2D eigenvalue weighted by Crippen LogP contribution is 2.39. The molecule has 1 saturated carbocycles. The van der Waals surface area contributed by atoms with Crippen molar-refractivity contribution >= 4 is 12.4 Å². The minimum absolute atomic E-state index is 0. The lowest BCUT2D eigenvalue weighted by molar-refractivity contribution is 0.633. The number of hydrogen-bond acceptors (Lipinski definition) is 1. The zero-order valence-corrected chi connectivity index (χ0v) is 11.1. The number of halogens is 1. The lowest BCUT2D eigenvalue weighted by Gasteiger charge is -2.11. The summed E-state index contributed by atoms with van der Waals surface area (Å²) in [7, 11) is 0. The van der Waals surface area contributed by atoms with Crippen molar-refractivity contribution in [3.63, 3.8) is 0 Å². The van der Waals surface area contributed by atoms with E-state index in [0.717, 1.165) is 5.92 Å². The van der Waals surface area contributed by atoms with E-state index in [0.29, 0.717) is 0 Å². The molecule has 2 heteroatoms. The Morgan fingerprint density at radius 2 is 1.39 bits per heavy atom. The first-order valence-corrected chi connectivity index (χ1v) is 6.25. The van der Waals surface area contributed by atoms with E-state index < -0.39 is 0 Å². The molecule has 2 aromatic carbocycles. The Kier molecular flexibility index (Phi) is 4.05. The van der Waals surface area contributed by atoms with Gasteiger partial charge in [0.15, 0.2) is 0 Å². The van der Waals surface area contributed by atoms with Gasteiger partial charge in [-0.15, -0.1) is 12.4 Å². The molecule has 0 spiro atoms. The van der Waals surface area contributed by atoms with Crippen LogP contribution < -0.4 is 5.73 Å². The third-order valence-corrected chi connectivity index (χ3v) is 3.53. The molecule has 1 fully saturated rings. The average molecular weight is 260 g/mol. The third-order valence-electron chi connectivity index (χ3n) is 3.53. The zero-order valence-electron chi connectivity index (χ0n) is 10.3. The van der Waals surface area contributed by atoms with E-state index in [2.05, 4.69) is 48.5 Å². The normalized spacial score (nSPS) is 15.8. The van der Waals surface area contributed by atoms with Gasteiger partial charge in [-0.1, -0.05) is 54.6 Å². The zero-order chi connectivity index (χ0) is 11.7. The van der Waals surface area contributed by atoms with Crippen LogP contribution in [-0.4, -0.2) is 0 Å². The van der Waals surface area contributed by atoms with Crippen LogP contribution in [0.1, 0.15) is 24.4 Å². The summed E-state index contributed by atoms with van der Waals surface area (Å²) in [6, 6.07) is 19.4. The first-order valence-electron chi connectivity index (χ1n) is 6.25. The smallest absolute Gasteiger partial charge is 0.0323 e. The molecule has 1 aliphatic rings. The Morgan fingerprint density at radius 3 is 1.94 bits per heavy atom. The van der Waals surface area contributed by atoms with Crippen molar-refractivity contribution in [2.45, 2.75) is 18.9 Å². The maximum Gasteiger partial charge on any atom is 0.0323 e. The highest BCUT2D eigenvalue weighted by atomic mass is 35.5. The van der Waals surface area contributed by atoms with Crippen LogP contribution >= 0.6 is 12.4 Å². The van der Waals surface area contributed by atoms with E-state index in [-0.39, 0.29) is 18.4 Å². The van der Waals surface area contributed by atoms with Crippen LogP contribution in [0.2, 0.25) is 0 Å². The van der Waals surface area contributed by atoms with Crippen molar-refractivity contribution in [3.05, 3.63) is 60.2 Å².